The van der Waals surface area contributed by atoms with Gasteiger partial charge in [-0.2, -0.15) is 0 Å². The summed E-state index contributed by atoms with van der Waals surface area (Å²) in [6.45, 7) is 0. The Kier molecular flexibility index (Phi) is 1.98. The Labute approximate surface area is 76.2 Å². The van der Waals surface area contributed by atoms with Crippen molar-refractivity contribution in [1.29, 1.82) is 0 Å². The van der Waals surface area contributed by atoms with Crippen LogP contribution in [0.15, 0.2) is 28.7 Å². The second-order valence-electron chi connectivity index (χ2n) is 2.68. The van der Waals surface area contributed by atoms with Crippen LogP contribution in [0.4, 0.5) is 0 Å². The molecule has 2 rings (SSSR count). The first-order chi connectivity index (χ1) is 6.33. The number of rotatable bonds is 2. The van der Waals surface area contributed by atoms with Crippen molar-refractivity contribution in [2.24, 2.45) is 0 Å². The molecule has 0 aliphatic heterocycles. The lowest BCUT2D eigenvalue weighted by molar-refractivity contribution is 0.415. The topological polar surface area (TPSA) is 42.6 Å². The highest BCUT2D eigenvalue weighted by atomic mass is 16.5. The van der Waals surface area contributed by atoms with Crippen LogP contribution >= 0.6 is 0 Å². The minimum Gasteiger partial charge on any atom is -0.497 e. The third kappa shape index (κ3) is 1.40. The van der Waals surface area contributed by atoms with Crippen molar-refractivity contribution < 1.29 is 14.2 Å². The van der Waals surface area contributed by atoms with Gasteiger partial charge in [-0.15, -0.1) is 0 Å². The molecule has 13 heavy (non-hydrogen) atoms. The molecule has 0 saturated heterocycles. The highest BCUT2D eigenvalue weighted by Gasteiger charge is 2.04. The van der Waals surface area contributed by atoms with Crippen LogP contribution < -0.4 is 10.4 Å². The molecule has 0 aliphatic carbocycles. The van der Waals surface area contributed by atoms with Crippen LogP contribution in [0.2, 0.25) is 0 Å². The number of fused-ring (bicyclic) bond motifs is 1. The first-order valence-corrected chi connectivity index (χ1v) is 3.88. The SMILES string of the molecule is COc1ccc2oc([B]O)cc2c1. The van der Waals surface area contributed by atoms with E-state index in [0.29, 0.717) is 5.66 Å². The third-order valence-electron chi connectivity index (χ3n) is 1.87. The number of ether oxygens (including phenoxy) is 1. The molecule has 0 spiro atoms. The predicted molar refractivity (Wildman–Crippen MR) is 50.4 cm³/mol. The molecule has 1 aromatic heterocycles. The standard InChI is InChI=1S/C9H8BO3/c1-12-7-2-3-8-6(4-7)5-9(10-11)13-8/h2-5,11H,1H3. The Bertz CT molecular complexity index is 420. The number of furan rings is 1. The number of benzene rings is 1. The average Bonchev–Trinajstić information content (AvgIpc) is 2.58. The maximum absolute atomic E-state index is 8.72. The van der Waals surface area contributed by atoms with Crippen molar-refractivity contribution >= 4 is 24.1 Å². The largest absolute Gasteiger partial charge is 0.497 e. The van der Waals surface area contributed by atoms with Gasteiger partial charge in [0, 0.05) is 5.39 Å². The van der Waals surface area contributed by atoms with Crippen molar-refractivity contribution in [2.45, 2.75) is 0 Å². The van der Waals surface area contributed by atoms with E-state index >= 15 is 0 Å². The van der Waals surface area contributed by atoms with Crippen LogP contribution in [-0.4, -0.2) is 19.6 Å². The summed E-state index contributed by atoms with van der Waals surface area (Å²) in [7, 11) is 2.55. The van der Waals surface area contributed by atoms with Crippen molar-refractivity contribution in [3.63, 3.8) is 0 Å². The zero-order valence-corrected chi connectivity index (χ0v) is 7.15. The van der Waals surface area contributed by atoms with Gasteiger partial charge in [0.15, 0.2) is 0 Å². The average molecular weight is 175 g/mol. The van der Waals surface area contributed by atoms with E-state index in [1.54, 1.807) is 19.2 Å². The van der Waals surface area contributed by atoms with E-state index in [1.807, 2.05) is 12.1 Å². The fourth-order valence-corrected chi connectivity index (χ4v) is 1.23. The summed E-state index contributed by atoms with van der Waals surface area (Å²) in [5.41, 5.74) is 1.18. The third-order valence-corrected chi connectivity index (χ3v) is 1.87. The molecule has 0 bridgehead atoms. The molecule has 0 unspecified atom stereocenters. The first kappa shape index (κ1) is 8.20. The van der Waals surface area contributed by atoms with Gasteiger partial charge in [0.2, 0.25) is 0 Å². The van der Waals surface area contributed by atoms with Crippen LogP contribution in [0.3, 0.4) is 0 Å². The zero-order valence-electron chi connectivity index (χ0n) is 7.15. The van der Waals surface area contributed by atoms with E-state index in [1.165, 1.54) is 0 Å². The molecule has 1 radical (unpaired) electrons. The summed E-state index contributed by atoms with van der Waals surface area (Å²) >= 11 is 0. The quantitative estimate of drug-likeness (QED) is 0.682. The van der Waals surface area contributed by atoms with Crippen LogP contribution in [0, 0.1) is 0 Å². The maximum Gasteiger partial charge on any atom is 0.373 e. The van der Waals surface area contributed by atoms with Gasteiger partial charge in [0.05, 0.1) is 12.8 Å². The van der Waals surface area contributed by atoms with E-state index in [4.69, 9.17) is 14.2 Å². The molecule has 1 N–H and O–H groups in total. The van der Waals surface area contributed by atoms with Crippen molar-refractivity contribution in [3.05, 3.63) is 24.3 Å². The van der Waals surface area contributed by atoms with Crippen LogP contribution in [0.5, 0.6) is 5.75 Å². The lowest BCUT2D eigenvalue weighted by atomic mass is 9.98. The second kappa shape index (κ2) is 3.14. The maximum atomic E-state index is 8.72. The van der Waals surface area contributed by atoms with Crippen molar-refractivity contribution in [3.8, 4) is 5.75 Å². The summed E-state index contributed by atoms with van der Waals surface area (Å²) in [6.07, 6.45) is 0. The summed E-state index contributed by atoms with van der Waals surface area (Å²) in [6, 6.07) is 7.22. The van der Waals surface area contributed by atoms with Crippen LogP contribution in [0.1, 0.15) is 0 Å². The van der Waals surface area contributed by atoms with Crippen molar-refractivity contribution in [2.75, 3.05) is 7.11 Å². The fourth-order valence-electron chi connectivity index (χ4n) is 1.23. The lowest BCUT2D eigenvalue weighted by Crippen LogP contribution is -2.08. The molecule has 0 fully saturated rings. The predicted octanol–water partition coefficient (Wildman–Crippen LogP) is 0.678. The van der Waals surface area contributed by atoms with Crippen LogP contribution in [0.25, 0.3) is 11.0 Å². The smallest absolute Gasteiger partial charge is 0.373 e. The first-order valence-electron chi connectivity index (χ1n) is 3.88. The number of hydrogen-bond donors (Lipinski definition) is 1. The molecule has 4 heteroatoms. The molecular formula is C9H8BO3. The molecule has 0 amide bonds. The number of hydrogen-bond acceptors (Lipinski definition) is 3. The van der Waals surface area contributed by atoms with Crippen molar-refractivity contribution in [1.82, 2.24) is 0 Å². The van der Waals surface area contributed by atoms with Gasteiger partial charge < -0.3 is 14.2 Å². The number of methoxy groups -OCH3 is 1. The molecule has 3 nitrogen and oxygen atoms in total. The minimum atomic E-state index is 0.447. The summed E-state index contributed by atoms with van der Waals surface area (Å²) in [4.78, 5) is 0. The molecular weight excluding hydrogens is 167 g/mol. The normalized spacial score (nSPS) is 10.3. The highest BCUT2D eigenvalue weighted by Crippen LogP contribution is 2.19. The zero-order chi connectivity index (χ0) is 9.26. The van der Waals surface area contributed by atoms with E-state index in [2.05, 4.69) is 0 Å². The molecule has 0 atom stereocenters. The fraction of sp³-hybridized carbons (Fsp3) is 0.111. The van der Waals surface area contributed by atoms with Gasteiger partial charge in [-0.3, -0.25) is 0 Å². The summed E-state index contributed by atoms with van der Waals surface area (Å²) in [5.74, 6) is 0.776. The summed E-state index contributed by atoms with van der Waals surface area (Å²) < 4.78 is 10.3. The van der Waals surface area contributed by atoms with E-state index in [-0.39, 0.29) is 0 Å². The van der Waals surface area contributed by atoms with Gasteiger partial charge in [-0.1, -0.05) is 0 Å². The van der Waals surface area contributed by atoms with Gasteiger partial charge in [0.25, 0.3) is 0 Å². The van der Waals surface area contributed by atoms with Crippen LogP contribution in [-0.2, 0) is 0 Å². The van der Waals surface area contributed by atoms with E-state index in [9.17, 15) is 0 Å². The molecule has 0 saturated carbocycles. The molecule has 1 aromatic carbocycles. The Morgan fingerprint density at radius 2 is 2.23 bits per heavy atom. The Hall–Kier alpha value is -1.42. The Balaban J connectivity index is 2.57. The van der Waals surface area contributed by atoms with E-state index in [0.717, 1.165) is 24.2 Å². The van der Waals surface area contributed by atoms with E-state index < -0.39 is 0 Å². The molecule has 1 heterocycles. The van der Waals surface area contributed by atoms with Gasteiger partial charge in [-0.25, -0.2) is 0 Å². The van der Waals surface area contributed by atoms with Gasteiger partial charge in [0.1, 0.15) is 11.3 Å². The Morgan fingerprint density at radius 1 is 1.38 bits per heavy atom. The minimum absolute atomic E-state index is 0.447. The highest BCUT2D eigenvalue weighted by molar-refractivity contribution is 6.44. The molecule has 0 aliphatic rings. The molecule has 65 valence electrons. The summed E-state index contributed by atoms with van der Waals surface area (Å²) in [5, 5.41) is 9.63. The monoisotopic (exact) mass is 175 g/mol. The lowest BCUT2D eigenvalue weighted by Gasteiger charge is -1.96. The second-order valence-corrected chi connectivity index (χ2v) is 2.68. The van der Waals surface area contributed by atoms with Gasteiger partial charge in [-0.05, 0) is 24.3 Å². The van der Waals surface area contributed by atoms with Gasteiger partial charge >= 0.3 is 7.48 Å². The Morgan fingerprint density at radius 3 is 2.92 bits per heavy atom. The molecule has 2 aromatic rings.